The van der Waals surface area contributed by atoms with Gasteiger partial charge in [-0.3, -0.25) is 0 Å². The van der Waals surface area contributed by atoms with E-state index in [1.807, 2.05) is 13.8 Å². The van der Waals surface area contributed by atoms with Crippen LogP contribution in [0.5, 0.6) is 0 Å². The van der Waals surface area contributed by atoms with E-state index in [1.54, 1.807) is 5.57 Å². The highest BCUT2D eigenvalue weighted by molar-refractivity contribution is 5.28. The van der Waals surface area contributed by atoms with Crippen molar-refractivity contribution in [3.8, 4) is 0 Å². The summed E-state index contributed by atoms with van der Waals surface area (Å²) >= 11 is 0. The maximum atomic E-state index is 11.0. The first-order valence-electron chi connectivity index (χ1n) is 12.7. The fourth-order valence-corrected chi connectivity index (χ4v) is 6.67. The second-order valence-electron chi connectivity index (χ2n) is 12.0. The third kappa shape index (κ3) is 4.97. The highest BCUT2D eigenvalue weighted by Gasteiger charge is 2.57. The highest BCUT2D eigenvalue weighted by Crippen LogP contribution is 2.66. The number of nitrogens with zero attached hydrogens (tertiary/aromatic N) is 1. The SMILES string of the molecule is C[C@H](/C=C/[C@H](C)C(C)(C)O)[C@@]1(C)CCC2/C(=C/C=C3\C[C@@H](O)C[C@H](N=O)C3)CCC[C@@]21C. The van der Waals surface area contributed by atoms with Crippen molar-refractivity contribution in [3.05, 3.63) is 40.4 Å². The van der Waals surface area contributed by atoms with E-state index in [0.717, 1.165) is 12.0 Å². The van der Waals surface area contributed by atoms with Gasteiger partial charge in [0.15, 0.2) is 0 Å². The zero-order valence-corrected chi connectivity index (χ0v) is 21.1. The molecule has 0 spiro atoms. The first kappa shape index (κ1) is 25.4. The number of aliphatic hydroxyl groups excluding tert-OH is 1. The predicted molar refractivity (Wildman–Crippen MR) is 132 cm³/mol. The van der Waals surface area contributed by atoms with E-state index in [2.05, 4.69) is 57.2 Å². The second-order valence-corrected chi connectivity index (χ2v) is 12.0. The molecule has 32 heavy (non-hydrogen) atoms. The quantitative estimate of drug-likeness (QED) is 0.353. The Morgan fingerprint density at radius 1 is 1.12 bits per heavy atom. The van der Waals surface area contributed by atoms with E-state index in [-0.39, 0.29) is 22.8 Å². The Bertz CT molecular complexity index is 776. The molecule has 7 atom stereocenters. The van der Waals surface area contributed by atoms with Crippen LogP contribution in [-0.2, 0) is 0 Å². The molecular weight excluding hydrogens is 398 g/mol. The normalized spacial score (nSPS) is 40.6. The minimum atomic E-state index is -0.696. The molecule has 3 rings (SSSR count). The van der Waals surface area contributed by atoms with Gasteiger partial charge in [0, 0.05) is 5.92 Å². The van der Waals surface area contributed by atoms with E-state index in [4.69, 9.17) is 0 Å². The topological polar surface area (TPSA) is 69.9 Å². The first-order chi connectivity index (χ1) is 14.9. The Kier molecular flexibility index (Phi) is 7.56. The Morgan fingerprint density at radius 3 is 2.50 bits per heavy atom. The summed E-state index contributed by atoms with van der Waals surface area (Å²) in [5.74, 6) is 1.17. The van der Waals surface area contributed by atoms with E-state index < -0.39 is 11.7 Å². The van der Waals surface area contributed by atoms with Gasteiger partial charge in [0.05, 0.1) is 17.7 Å². The van der Waals surface area contributed by atoms with Crippen LogP contribution in [0.1, 0.15) is 92.9 Å². The predicted octanol–water partition coefficient (Wildman–Crippen LogP) is 6.72. The lowest BCUT2D eigenvalue weighted by Gasteiger charge is -2.51. The molecule has 2 N–H and O–H groups in total. The molecule has 0 heterocycles. The first-order valence-corrected chi connectivity index (χ1v) is 12.7. The van der Waals surface area contributed by atoms with Crippen LogP contribution in [0, 0.1) is 33.5 Å². The summed E-state index contributed by atoms with van der Waals surface area (Å²) in [4.78, 5) is 11.0. The molecule has 0 radical (unpaired) electrons. The van der Waals surface area contributed by atoms with E-state index in [9.17, 15) is 15.1 Å². The number of aliphatic hydroxyl groups is 2. The summed E-state index contributed by atoms with van der Waals surface area (Å²) in [6.45, 7) is 13.2. The molecule has 0 aromatic carbocycles. The van der Waals surface area contributed by atoms with Crippen LogP contribution in [0.3, 0.4) is 0 Å². The van der Waals surface area contributed by atoms with Crippen LogP contribution in [0.25, 0.3) is 0 Å². The lowest BCUT2D eigenvalue weighted by atomic mass is 9.54. The molecule has 1 unspecified atom stereocenters. The van der Waals surface area contributed by atoms with Crippen molar-refractivity contribution < 1.29 is 10.2 Å². The van der Waals surface area contributed by atoms with E-state index >= 15 is 0 Å². The molecule has 3 aliphatic rings. The van der Waals surface area contributed by atoms with Crippen molar-refractivity contribution in [2.24, 2.45) is 33.8 Å². The molecule has 0 bridgehead atoms. The Hall–Kier alpha value is -1.26. The fraction of sp³-hybridized carbons (Fsp3) is 0.786. The van der Waals surface area contributed by atoms with Crippen LogP contribution in [-0.4, -0.2) is 28.0 Å². The molecule has 3 aliphatic carbocycles. The molecule has 3 saturated carbocycles. The number of hydrogen-bond acceptors (Lipinski definition) is 4. The van der Waals surface area contributed by atoms with E-state index in [1.165, 1.54) is 25.7 Å². The summed E-state index contributed by atoms with van der Waals surface area (Å²) in [5, 5.41) is 23.6. The van der Waals surface area contributed by atoms with Gasteiger partial charge in [-0.15, -0.1) is 0 Å². The third-order valence-corrected chi connectivity index (χ3v) is 9.67. The summed E-state index contributed by atoms with van der Waals surface area (Å²) in [6, 6.07) is -0.284. The van der Waals surface area contributed by atoms with Crippen LogP contribution < -0.4 is 0 Å². The van der Waals surface area contributed by atoms with E-state index in [0.29, 0.717) is 31.1 Å². The molecule has 3 fully saturated rings. The minimum absolute atomic E-state index is 0.127. The molecule has 0 aromatic heterocycles. The van der Waals surface area contributed by atoms with Gasteiger partial charge in [-0.1, -0.05) is 68.3 Å². The van der Waals surface area contributed by atoms with Crippen LogP contribution in [0.4, 0.5) is 0 Å². The van der Waals surface area contributed by atoms with Gasteiger partial charge in [-0.05, 0) is 87.9 Å². The van der Waals surface area contributed by atoms with Gasteiger partial charge in [0.25, 0.3) is 0 Å². The van der Waals surface area contributed by atoms with Crippen molar-refractivity contribution >= 4 is 0 Å². The lowest BCUT2D eigenvalue weighted by Crippen LogP contribution is -2.43. The summed E-state index contributed by atoms with van der Waals surface area (Å²) < 4.78 is 0. The van der Waals surface area contributed by atoms with Crippen LogP contribution in [0.2, 0.25) is 0 Å². The third-order valence-electron chi connectivity index (χ3n) is 9.67. The van der Waals surface area contributed by atoms with Gasteiger partial charge in [0.1, 0.15) is 0 Å². The van der Waals surface area contributed by atoms with Crippen molar-refractivity contribution in [2.45, 2.75) is 111 Å². The molecule has 0 amide bonds. The Balaban J connectivity index is 1.80. The highest BCUT2D eigenvalue weighted by atomic mass is 16.3. The van der Waals surface area contributed by atoms with Gasteiger partial charge in [0.2, 0.25) is 0 Å². The molecule has 0 saturated heterocycles. The van der Waals surface area contributed by atoms with Gasteiger partial charge in [-0.2, -0.15) is 4.91 Å². The van der Waals surface area contributed by atoms with Gasteiger partial charge < -0.3 is 10.2 Å². The standard InChI is InChI=1S/C28H45NO3/c1-19(26(3,4)31)9-10-20(2)27(5)15-13-25-22(8-7-14-28(25,27)6)12-11-21-16-23(29-32)18-24(30)17-21/h9-12,19-20,23-25,30-31H,7-8,13-18H2,1-6H3/b10-9+,21-11-,22-12+/t19-,20+,23+,24+,25?,27+,28-/m0/s1. The summed E-state index contributed by atoms with van der Waals surface area (Å²) in [6.07, 6.45) is 16.5. The average molecular weight is 444 g/mol. The van der Waals surface area contributed by atoms with Crippen molar-refractivity contribution in [3.63, 3.8) is 0 Å². The number of rotatable bonds is 6. The Morgan fingerprint density at radius 2 is 1.84 bits per heavy atom. The average Bonchev–Trinajstić information content (AvgIpc) is 3.01. The van der Waals surface area contributed by atoms with Crippen LogP contribution >= 0.6 is 0 Å². The number of hydrogen-bond donors (Lipinski definition) is 2. The monoisotopic (exact) mass is 443 g/mol. The largest absolute Gasteiger partial charge is 0.393 e. The second kappa shape index (κ2) is 9.54. The maximum absolute atomic E-state index is 11.0. The smallest absolute Gasteiger partial charge is 0.0981 e. The van der Waals surface area contributed by atoms with Gasteiger partial charge >= 0.3 is 0 Å². The summed E-state index contributed by atoms with van der Waals surface area (Å²) in [7, 11) is 0. The number of allylic oxidation sites excluding steroid dienone is 4. The Labute approximate surface area is 195 Å². The molecule has 180 valence electrons. The molecule has 0 aromatic rings. The summed E-state index contributed by atoms with van der Waals surface area (Å²) in [5.41, 5.74) is 2.50. The minimum Gasteiger partial charge on any atom is -0.393 e. The van der Waals surface area contributed by atoms with Crippen LogP contribution in [0.15, 0.2) is 40.6 Å². The zero-order valence-electron chi connectivity index (χ0n) is 21.1. The molecule has 4 heteroatoms. The van der Waals surface area contributed by atoms with Crippen molar-refractivity contribution in [1.29, 1.82) is 0 Å². The van der Waals surface area contributed by atoms with Crippen molar-refractivity contribution in [2.75, 3.05) is 0 Å². The zero-order chi connectivity index (χ0) is 23.7. The maximum Gasteiger partial charge on any atom is 0.0981 e. The lowest BCUT2D eigenvalue weighted by molar-refractivity contribution is 0.0208. The molecule has 0 aliphatic heterocycles. The molecular formula is C28H45NO3. The number of nitroso groups, excluding NO2 is 1. The fourth-order valence-electron chi connectivity index (χ4n) is 6.67. The molecule has 4 nitrogen and oxygen atoms in total. The number of fused-ring (bicyclic) bond motifs is 1. The van der Waals surface area contributed by atoms with Gasteiger partial charge in [-0.25, -0.2) is 0 Å². The van der Waals surface area contributed by atoms with Crippen molar-refractivity contribution in [1.82, 2.24) is 0 Å².